The predicted molar refractivity (Wildman–Crippen MR) is 73.7 cm³/mol. The van der Waals surface area contributed by atoms with E-state index in [2.05, 4.69) is 33.8 Å². The molecule has 0 spiro atoms. The number of aryl methyl sites for hydroxylation is 1. The van der Waals surface area contributed by atoms with Crippen LogP contribution in [0.2, 0.25) is 0 Å². The summed E-state index contributed by atoms with van der Waals surface area (Å²) < 4.78 is 0. The van der Waals surface area contributed by atoms with E-state index >= 15 is 0 Å². The summed E-state index contributed by atoms with van der Waals surface area (Å²) in [5, 5.41) is 8.36. The number of aromatic nitrogens is 2. The molecule has 0 bridgehead atoms. The van der Waals surface area contributed by atoms with Gasteiger partial charge in [0.25, 0.3) is 0 Å². The number of rotatable bonds is 3. The maximum absolute atomic E-state index is 5.82. The molecule has 0 aliphatic carbocycles. The third kappa shape index (κ3) is 2.79. The summed E-state index contributed by atoms with van der Waals surface area (Å²) in [6.45, 7) is 11.1. The third-order valence-corrected chi connectivity index (χ3v) is 3.74. The first-order chi connectivity index (χ1) is 8.53. The van der Waals surface area contributed by atoms with Crippen LogP contribution in [0.25, 0.3) is 0 Å². The molecule has 2 heterocycles. The summed E-state index contributed by atoms with van der Waals surface area (Å²) in [5.41, 5.74) is 6.87. The van der Waals surface area contributed by atoms with Crippen LogP contribution in [0.5, 0.6) is 0 Å². The second-order valence-corrected chi connectivity index (χ2v) is 5.52. The van der Waals surface area contributed by atoms with Crippen molar-refractivity contribution < 1.29 is 0 Å². The molecule has 0 unspecified atom stereocenters. The van der Waals surface area contributed by atoms with Crippen LogP contribution >= 0.6 is 0 Å². The van der Waals surface area contributed by atoms with Crippen molar-refractivity contribution in [3.05, 3.63) is 17.8 Å². The van der Waals surface area contributed by atoms with Crippen molar-refractivity contribution >= 4 is 5.82 Å². The van der Waals surface area contributed by atoms with Gasteiger partial charge in [-0.1, -0.05) is 0 Å². The molecule has 2 rings (SSSR count). The lowest BCUT2D eigenvalue weighted by atomic mass is 10.0. The van der Waals surface area contributed by atoms with Crippen molar-refractivity contribution in [3.63, 3.8) is 0 Å². The molecule has 0 saturated carbocycles. The lowest BCUT2D eigenvalue weighted by Gasteiger charge is -2.43. The molecule has 1 aromatic heterocycles. The van der Waals surface area contributed by atoms with Crippen LogP contribution in [-0.4, -0.2) is 53.4 Å². The van der Waals surface area contributed by atoms with Crippen LogP contribution in [0.4, 0.5) is 5.82 Å². The van der Waals surface area contributed by atoms with Gasteiger partial charge in [0.05, 0.1) is 5.69 Å². The Balaban J connectivity index is 1.96. The Morgan fingerprint density at radius 3 is 2.33 bits per heavy atom. The quantitative estimate of drug-likeness (QED) is 0.852. The first-order valence-corrected chi connectivity index (χ1v) is 6.53. The van der Waals surface area contributed by atoms with E-state index in [9.17, 15) is 0 Å². The molecule has 1 aromatic rings. The molecule has 0 amide bonds. The molecular formula is C13H23N5. The zero-order valence-corrected chi connectivity index (χ0v) is 11.6. The molecule has 100 valence electrons. The van der Waals surface area contributed by atoms with Crippen LogP contribution in [0.1, 0.15) is 19.5 Å². The number of piperazine rings is 1. The van der Waals surface area contributed by atoms with Crippen LogP contribution in [-0.2, 0) is 0 Å². The Morgan fingerprint density at radius 2 is 1.83 bits per heavy atom. The molecule has 0 radical (unpaired) electrons. The highest BCUT2D eigenvalue weighted by molar-refractivity contribution is 5.37. The van der Waals surface area contributed by atoms with E-state index in [1.54, 1.807) is 0 Å². The van der Waals surface area contributed by atoms with Crippen LogP contribution < -0.4 is 10.6 Å². The van der Waals surface area contributed by atoms with Crippen molar-refractivity contribution in [2.24, 2.45) is 5.73 Å². The van der Waals surface area contributed by atoms with Gasteiger partial charge in [0.2, 0.25) is 0 Å². The molecule has 0 atom stereocenters. The predicted octanol–water partition coefficient (Wildman–Crippen LogP) is 0.644. The minimum atomic E-state index is 0.0883. The Bertz CT molecular complexity index is 379. The molecule has 5 nitrogen and oxygen atoms in total. The fraction of sp³-hybridized carbons (Fsp3) is 0.692. The first-order valence-electron chi connectivity index (χ1n) is 6.53. The highest BCUT2D eigenvalue weighted by Gasteiger charge is 2.28. The van der Waals surface area contributed by atoms with Gasteiger partial charge in [0.1, 0.15) is 0 Å². The number of hydrogen-bond acceptors (Lipinski definition) is 5. The highest BCUT2D eigenvalue weighted by atomic mass is 15.3. The van der Waals surface area contributed by atoms with Gasteiger partial charge in [0, 0.05) is 38.3 Å². The van der Waals surface area contributed by atoms with Crippen molar-refractivity contribution in [1.29, 1.82) is 0 Å². The standard InChI is InChI=1S/C13H23N5/c1-11-4-5-12(16-15-11)17-6-8-18(9-7-17)13(2,3)10-14/h4-5H,6-10,14H2,1-3H3. The Morgan fingerprint density at radius 1 is 1.17 bits per heavy atom. The fourth-order valence-electron chi connectivity index (χ4n) is 2.23. The molecular weight excluding hydrogens is 226 g/mol. The summed E-state index contributed by atoms with van der Waals surface area (Å²) in [6, 6.07) is 4.06. The van der Waals surface area contributed by atoms with Gasteiger partial charge in [-0.05, 0) is 32.9 Å². The van der Waals surface area contributed by atoms with Crippen molar-refractivity contribution in [3.8, 4) is 0 Å². The molecule has 5 heteroatoms. The summed E-state index contributed by atoms with van der Waals surface area (Å²) in [7, 11) is 0. The topological polar surface area (TPSA) is 58.3 Å². The summed E-state index contributed by atoms with van der Waals surface area (Å²) in [6.07, 6.45) is 0. The van der Waals surface area contributed by atoms with E-state index in [4.69, 9.17) is 5.73 Å². The van der Waals surface area contributed by atoms with Crippen molar-refractivity contribution in [2.75, 3.05) is 37.6 Å². The number of nitrogens with two attached hydrogens (primary N) is 1. The van der Waals surface area contributed by atoms with Crippen LogP contribution in [0, 0.1) is 6.92 Å². The van der Waals surface area contributed by atoms with Crippen molar-refractivity contribution in [2.45, 2.75) is 26.3 Å². The second kappa shape index (κ2) is 5.20. The zero-order valence-electron chi connectivity index (χ0n) is 11.6. The van der Waals surface area contributed by atoms with Gasteiger partial charge in [-0.3, -0.25) is 4.90 Å². The Hall–Kier alpha value is -1.20. The van der Waals surface area contributed by atoms with E-state index in [0.717, 1.165) is 37.7 Å². The van der Waals surface area contributed by atoms with E-state index in [-0.39, 0.29) is 5.54 Å². The average molecular weight is 249 g/mol. The minimum Gasteiger partial charge on any atom is -0.353 e. The van der Waals surface area contributed by atoms with E-state index < -0.39 is 0 Å². The normalized spacial score (nSPS) is 18.1. The van der Waals surface area contributed by atoms with Gasteiger partial charge in [-0.2, -0.15) is 5.10 Å². The van der Waals surface area contributed by atoms with Gasteiger partial charge in [-0.25, -0.2) is 0 Å². The molecule has 2 N–H and O–H groups in total. The SMILES string of the molecule is Cc1ccc(N2CCN(C(C)(C)CN)CC2)nn1. The molecule has 0 aromatic carbocycles. The molecule has 1 saturated heterocycles. The largest absolute Gasteiger partial charge is 0.353 e. The number of nitrogens with zero attached hydrogens (tertiary/aromatic N) is 4. The van der Waals surface area contributed by atoms with Gasteiger partial charge < -0.3 is 10.6 Å². The summed E-state index contributed by atoms with van der Waals surface area (Å²) in [4.78, 5) is 4.74. The zero-order chi connectivity index (χ0) is 13.2. The van der Waals surface area contributed by atoms with Crippen molar-refractivity contribution in [1.82, 2.24) is 15.1 Å². The van der Waals surface area contributed by atoms with E-state index in [0.29, 0.717) is 6.54 Å². The maximum Gasteiger partial charge on any atom is 0.151 e. The molecule has 1 fully saturated rings. The smallest absolute Gasteiger partial charge is 0.151 e. The molecule has 1 aliphatic rings. The van der Waals surface area contributed by atoms with E-state index in [1.807, 2.05) is 19.1 Å². The fourth-order valence-corrected chi connectivity index (χ4v) is 2.23. The van der Waals surface area contributed by atoms with Gasteiger partial charge >= 0.3 is 0 Å². The Labute approximate surface area is 109 Å². The minimum absolute atomic E-state index is 0.0883. The number of anilines is 1. The highest BCUT2D eigenvalue weighted by Crippen LogP contribution is 2.18. The van der Waals surface area contributed by atoms with Crippen LogP contribution in [0.15, 0.2) is 12.1 Å². The molecule has 1 aliphatic heterocycles. The Kier molecular flexibility index (Phi) is 3.82. The lowest BCUT2D eigenvalue weighted by Crippen LogP contribution is -2.57. The summed E-state index contributed by atoms with van der Waals surface area (Å²) in [5.74, 6) is 0.978. The second-order valence-electron chi connectivity index (χ2n) is 5.52. The average Bonchev–Trinajstić information content (AvgIpc) is 2.40. The lowest BCUT2D eigenvalue weighted by molar-refractivity contribution is 0.119. The number of hydrogen-bond donors (Lipinski definition) is 1. The van der Waals surface area contributed by atoms with E-state index in [1.165, 1.54) is 0 Å². The first kappa shape index (κ1) is 13.2. The summed E-state index contributed by atoms with van der Waals surface area (Å²) >= 11 is 0. The third-order valence-electron chi connectivity index (χ3n) is 3.74. The monoisotopic (exact) mass is 249 g/mol. The molecule has 18 heavy (non-hydrogen) atoms. The van der Waals surface area contributed by atoms with Crippen LogP contribution in [0.3, 0.4) is 0 Å². The maximum atomic E-state index is 5.82. The van der Waals surface area contributed by atoms with Gasteiger partial charge in [0.15, 0.2) is 5.82 Å². The van der Waals surface area contributed by atoms with Gasteiger partial charge in [-0.15, -0.1) is 5.10 Å².